The Morgan fingerprint density at radius 3 is 2.12 bits per heavy atom. The molecule has 0 heterocycles. The van der Waals surface area contributed by atoms with E-state index in [0.717, 1.165) is 0 Å². The van der Waals surface area contributed by atoms with E-state index in [-0.39, 0.29) is 25.0 Å². The van der Waals surface area contributed by atoms with Crippen LogP contribution in [-0.4, -0.2) is 53.3 Å². The van der Waals surface area contributed by atoms with Gasteiger partial charge in [0.1, 0.15) is 23.9 Å². The highest BCUT2D eigenvalue weighted by Gasteiger charge is 2.44. The standard InChI is InChI=1S/C14H15B2F3O5S/c1-2-3-23-13-9(6-15)4-11(5-10(13)7-16)24-12(14(17,18)19)8-25(20,21)22/h2,4-5,12H,1,3,6-8H2,(H,20,21,22). The number of rotatable bonds is 9. The summed E-state index contributed by atoms with van der Waals surface area (Å²) in [4.78, 5) is 0. The minimum absolute atomic E-state index is 0.0777. The van der Waals surface area contributed by atoms with E-state index in [9.17, 15) is 21.6 Å². The smallest absolute Gasteiger partial charge is 0.426 e. The molecule has 0 saturated heterocycles. The molecule has 11 heteroatoms. The number of ether oxygens (including phenoxy) is 2. The van der Waals surface area contributed by atoms with Crippen LogP contribution in [0.4, 0.5) is 13.2 Å². The largest absolute Gasteiger partial charge is 0.489 e. The maximum absolute atomic E-state index is 13.0. The molecule has 0 aliphatic carbocycles. The summed E-state index contributed by atoms with van der Waals surface area (Å²) in [6, 6.07) is 2.39. The third-order valence-electron chi connectivity index (χ3n) is 3.01. The highest BCUT2D eigenvalue weighted by molar-refractivity contribution is 7.85. The van der Waals surface area contributed by atoms with Crippen molar-refractivity contribution in [3.63, 3.8) is 0 Å². The quantitative estimate of drug-likeness (QED) is 0.406. The molecule has 1 atom stereocenters. The Morgan fingerprint density at radius 2 is 1.76 bits per heavy atom. The van der Waals surface area contributed by atoms with Gasteiger partial charge >= 0.3 is 6.18 Å². The van der Waals surface area contributed by atoms with Crippen molar-refractivity contribution in [2.75, 3.05) is 12.4 Å². The fraction of sp³-hybridized carbons (Fsp3) is 0.429. The van der Waals surface area contributed by atoms with Crippen LogP contribution in [0, 0.1) is 0 Å². The summed E-state index contributed by atoms with van der Waals surface area (Å²) in [5.74, 6) is -1.63. The lowest BCUT2D eigenvalue weighted by atomic mass is 9.89. The summed E-state index contributed by atoms with van der Waals surface area (Å²) < 4.78 is 79.3. The van der Waals surface area contributed by atoms with Crippen LogP contribution in [-0.2, 0) is 22.8 Å². The van der Waals surface area contributed by atoms with E-state index >= 15 is 0 Å². The molecule has 134 valence electrons. The van der Waals surface area contributed by atoms with Crippen molar-refractivity contribution in [3.05, 3.63) is 35.9 Å². The highest BCUT2D eigenvalue weighted by Crippen LogP contribution is 2.33. The molecule has 0 spiro atoms. The van der Waals surface area contributed by atoms with Crippen LogP contribution in [0.2, 0.25) is 0 Å². The predicted octanol–water partition coefficient (Wildman–Crippen LogP) is 1.79. The van der Waals surface area contributed by atoms with Gasteiger partial charge in [0.15, 0.2) is 0 Å². The molecule has 0 saturated carbocycles. The molecule has 0 bridgehead atoms. The van der Waals surface area contributed by atoms with Crippen LogP contribution in [0.15, 0.2) is 24.8 Å². The van der Waals surface area contributed by atoms with Crippen LogP contribution >= 0.6 is 0 Å². The Hall–Kier alpha value is -1.61. The van der Waals surface area contributed by atoms with Gasteiger partial charge in [-0.05, 0) is 23.3 Å². The molecule has 1 aromatic carbocycles. The molecule has 0 aliphatic rings. The van der Waals surface area contributed by atoms with Crippen molar-refractivity contribution >= 4 is 25.8 Å². The Bertz CT molecular complexity index is 682. The van der Waals surface area contributed by atoms with Crippen molar-refractivity contribution < 1.29 is 35.6 Å². The van der Waals surface area contributed by atoms with Gasteiger partial charge in [-0.25, -0.2) is 0 Å². The number of hydrogen-bond acceptors (Lipinski definition) is 4. The van der Waals surface area contributed by atoms with Gasteiger partial charge in [0, 0.05) is 0 Å². The lowest BCUT2D eigenvalue weighted by Crippen LogP contribution is -2.40. The molecule has 4 radical (unpaired) electrons. The molecule has 1 aromatic rings. The summed E-state index contributed by atoms with van der Waals surface area (Å²) in [5, 5.41) is 0. The van der Waals surface area contributed by atoms with Gasteiger partial charge in [-0.1, -0.05) is 25.3 Å². The summed E-state index contributed by atoms with van der Waals surface area (Å²) in [6.45, 7) is 3.62. The summed E-state index contributed by atoms with van der Waals surface area (Å²) >= 11 is 0. The SMILES string of the molecule is [B]Cc1cc(OC(CS(=O)(=O)O)C(F)(F)F)cc(C[B])c1OCC=C. The van der Waals surface area contributed by atoms with E-state index in [1.807, 2.05) is 0 Å². The molecule has 0 fully saturated rings. The Labute approximate surface area is 146 Å². The first-order valence-corrected chi connectivity index (χ1v) is 8.61. The molecular weight excluding hydrogens is 359 g/mol. The third-order valence-corrected chi connectivity index (χ3v) is 3.73. The fourth-order valence-electron chi connectivity index (χ4n) is 1.97. The van der Waals surface area contributed by atoms with Gasteiger partial charge in [0.05, 0.1) is 15.7 Å². The maximum atomic E-state index is 13.0. The van der Waals surface area contributed by atoms with E-state index < -0.39 is 28.2 Å². The van der Waals surface area contributed by atoms with Gasteiger partial charge in [-0.3, -0.25) is 4.55 Å². The van der Waals surface area contributed by atoms with E-state index in [2.05, 4.69) is 6.58 Å². The van der Waals surface area contributed by atoms with Crippen molar-refractivity contribution in [2.45, 2.75) is 24.9 Å². The Balaban J connectivity index is 3.24. The first-order valence-electron chi connectivity index (χ1n) is 7.00. The first kappa shape index (κ1) is 21.4. The summed E-state index contributed by atoms with van der Waals surface area (Å²) in [7, 11) is 6.24. The number of hydrogen-bond donors (Lipinski definition) is 1. The molecule has 0 amide bonds. The van der Waals surface area contributed by atoms with Crippen LogP contribution in [0.1, 0.15) is 11.1 Å². The van der Waals surface area contributed by atoms with Crippen LogP contribution < -0.4 is 9.47 Å². The molecule has 1 rings (SSSR count). The molecule has 0 aliphatic heterocycles. The van der Waals surface area contributed by atoms with E-state index in [1.54, 1.807) is 0 Å². The fourth-order valence-corrected chi connectivity index (χ4v) is 2.61. The average Bonchev–Trinajstić information content (AvgIpc) is 2.49. The van der Waals surface area contributed by atoms with Gasteiger partial charge in [0.2, 0.25) is 6.10 Å². The van der Waals surface area contributed by atoms with Crippen LogP contribution in [0.25, 0.3) is 0 Å². The van der Waals surface area contributed by atoms with Gasteiger partial charge in [0.25, 0.3) is 10.1 Å². The van der Waals surface area contributed by atoms with E-state index in [4.69, 9.17) is 29.7 Å². The minimum Gasteiger partial charge on any atom is -0.489 e. The molecule has 1 unspecified atom stereocenters. The third kappa shape index (κ3) is 6.66. The Kier molecular flexibility index (Phi) is 7.43. The summed E-state index contributed by atoms with van der Waals surface area (Å²) in [6.07, 6.45) is -6.45. The number of halogens is 3. The molecular formula is C14H15B2F3O5S. The second-order valence-corrected chi connectivity index (χ2v) is 6.47. The van der Waals surface area contributed by atoms with Crippen LogP contribution in [0.5, 0.6) is 11.5 Å². The van der Waals surface area contributed by atoms with Crippen molar-refractivity contribution in [1.82, 2.24) is 0 Å². The monoisotopic (exact) mass is 374 g/mol. The van der Waals surface area contributed by atoms with Gasteiger partial charge < -0.3 is 9.47 Å². The minimum atomic E-state index is -5.01. The van der Waals surface area contributed by atoms with Crippen molar-refractivity contribution in [3.8, 4) is 11.5 Å². The van der Waals surface area contributed by atoms with E-state index in [0.29, 0.717) is 16.9 Å². The number of alkyl halides is 3. The lowest BCUT2D eigenvalue weighted by molar-refractivity contribution is -0.188. The van der Waals surface area contributed by atoms with Gasteiger partial charge in [-0.2, -0.15) is 21.6 Å². The first-order chi connectivity index (χ1) is 11.5. The lowest BCUT2D eigenvalue weighted by Gasteiger charge is -2.22. The zero-order valence-electron chi connectivity index (χ0n) is 13.1. The van der Waals surface area contributed by atoms with Crippen molar-refractivity contribution in [2.24, 2.45) is 0 Å². The Morgan fingerprint density at radius 1 is 1.24 bits per heavy atom. The molecule has 25 heavy (non-hydrogen) atoms. The molecule has 1 N–H and O–H groups in total. The second-order valence-electron chi connectivity index (χ2n) is 4.98. The second kappa shape index (κ2) is 8.66. The summed E-state index contributed by atoms with van der Waals surface area (Å²) in [5.41, 5.74) is 0.653. The highest BCUT2D eigenvalue weighted by atomic mass is 32.2. The molecule has 0 aromatic heterocycles. The van der Waals surface area contributed by atoms with Crippen LogP contribution in [0.3, 0.4) is 0 Å². The number of benzene rings is 1. The molecule has 5 nitrogen and oxygen atoms in total. The normalized spacial score (nSPS) is 13.3. The van der Waals surface area contributed by atoms with E-state index in [1.165, 1.54) is 18.2 Å². The topological polar surface area (TPSA) is 72.8 Å². The van der Waals surface area contributed by atoms with Crippen molar-refractivity contribution in [1.29, 1.82) is 0 Å². The maximum Gasteiger partial charge on any atom is 0.426 e. The van der Waals surface area contributed by atoms with Gasteiger partial charge in [-0.15, -0.1) is 0 Å². The predicted molar refractivity (Wildman–Crippen MR) is 87.9 cm³/mol. The zero-order valence-corrected chi connectivity index (χ0v) is 13.9. The average molecular weight is 374 g/mol. The zero-order chi connectivity index (χ0) is 19.3.